The van der Waals surface area contributed by atoms with E-state index in [4.69, 9.17) is 0 Å². The van der Waals surface area contributed by atoms with Crippen molar-refractivity contribution in [3.63, 3.8) is 0 Å². The van der Waals surface area contributed by atoms with Crippen molar-refractivity contribution in [1.29, 1.82) is 0 Å². The van der Waals surface area contributed by atoms with Crippen LogP contribution in [0.1, 0.15) is 61.8 Å². The molecule has 0 heterocycles. The third-order valence-electron chi connectivity index (χ3n) is 3.32. The van der Waals surface area contributed by atoms with Gasteiger partial charge in [0.05, 0.1) is 0 Å². The molecule has 0 saturated heterocycles. The molecular weight excluding hydrogens is 194 g/mol. The summed E-state index contributed by atoms with van der Waals surface area (Å²) in [6.45, 7) is 18.2. The molecule has 0 aliphatic carbocycles. The zero-order valence-corrected chi connectivity index (χ0v) is 12.8. The highest BCUT2D eigenvalue weighted by Crippen LogP contribution is 2.30. The highest BCUT2D eigenvalue weighted by molar-refractivity contribution is 5.09. The topological polar surface area (TPSA) is 3.24 Å². The number of nitrogens with zero attached hydrogens (tertiary/aromatic N) is 1. The van der Waals surface area contributed by atoms with Crippen molar-refractivity contribution in [3.8, 4) is 0 Å². The monoisotopic (exact) mass is 225 g/mol. The van der Waals surface area contributed by atoms with Gasteiger partial charge in [0.15, 0.2) is 0 Å². The maximum absolute atomic E-state index is 2.49. The molecule has 0 aromatic carbocycles. The van der Waals surface area contributed by atoms with E-state index < -0.39 is 0 Å². The van der Waals surface area contributed by atoms with Gasteiger partial charge in [0.25, 0.3) is 0 Å². The summed E-state index contributed by atoms with van der Waals surface area (Å²) in [5.41, 5.74) is 1.75. The molecule has 0 fully saturated rings. The first-order chi connectivity index (χ1) is 6.99. The molecule has 0 unspecified atom stereocenters. The summed E-state index contributed by atoms with van der Waals surface area (Å²) in [4.78, 5) is 2.49. The summed E-state index contributed by atoms with van der Waals surface area (Å²) < 4.78 is 0. The van der Waals surface area contributed by atoms with Crippen LogP contribution in [0.4, 0.5) is 0 Å². The number of hydrogen-bond donors (Lipinski definition) is 0. The molecule has 0 radical (unpaired) electrons. The third kappa shape index (κ3) is 4.69. The van der Waals surface area contributed by atoms with Crippen molar-refractivity contribution in [1.82, 2.24) is 4.90 Å². The van der Waals surface area contributed by atoms with E-state index in [1.54, 1.807) is 0 Å². The Bertz CT molecular complexity index is 242. The summed E-state index contributed by atoms with van der Waals surface area (Å²) in [6.07, 6.45) is 3.58. The van der Waals surface area contributed by atoms with Gasteiger partial charge >= 0.3 is 0 Å². The second-order valence-corrected chi connectivity index (χ2v) is 6.84. The smallest absolute Gasteiger partial charge is 0.0339 e. The number of hydrogen-bond acceptors (Lipinski definition) is 1. The zero-order chi connectivity index (χ0) is 13.1. The van der Waals surface area contributed by atoms with E-state index in [2.05, 4.69) is 73.4 Å². The van der Waals surface area contributed by atoms with Crippen molar-refractivity contribution in [2.75, 3.05) is 7.05 Å². The Labute approximate surface area is 103 Å². The van der Waals surface area contributed by atoms with Gasteiger partial charge in [-0.3, -0.25) is 4.90 Å². The first-order valence-corrected chi connectivity index (χ1v) is 6.39. The van der Waals surface area contributed by atoms with Gasteiger partial charge in [0.1, 0.15) is 0 Å². The van der Waals surface area contributed by atoms with Crippen molar-refractivity contribution >= 4 is 0 Å². The molecule has 0 aromatic heterocycles. The predicted octanol–water partition coefficient (Wildman–Crippen LogP) is 4.49. The van der Waals surface area contributed by atoms with E-state index in [1.165, 1.54) is 12.0 Å². The highest BCUT2D eigenvalue weighted by atomic mass is 15.2. The van der Waals surface area contributed by atoms with Crippen LogP contribution < -0.4 is 0 Å². The SMILES string of the molecule is CC(C)=CC(C)(C)N(C)C(C)(C)CC(C)C. The van der Waals surface area contributed by atoms with Crippen LogP contribution in [0.5, 0.6) is 0 Å². The van der Waals surface area contributed by atoms with Gasteiger partial charge < -0.3 is 0 Å². The number of rotatable bonds is 5. The van der Waals surface area contributed by atoms with Gasteiger partial charge in [-0.15, -0.1) is 0 Å². The van der Waals surface area contributed by atoms with Gasteiger partial charge in [-0.25, -0.2) is 0 Å². The minimum Gasteiger partial charge on any atom is -0.293 e. The summed E-state index contributed by atoms with van der Waals surface area (Å²) in [7, 11) is 2.24. The Balaban J connectivity index is 4.89. The molecule has 96 valence electrons. The van der Waals surface area contributed by atoms with Crippen LogP contribution in [0.2, 0.25) is 0 Å². The van der Waals surface area contributed by atoms with Crippen LogP contribution in [-0.4, -0.2) is 23.0 Å². The fourth-order valence-electron chi connectivity index (χ4n) is 2.72. The lowest BCUT2D eigenvalue weighted by Crippen LogP contribution is -2.52. The average molecular weight is 225 g/mol. The molecule has 0 rings (SSSR count). The van der Waals surface area contributed by atoms with Gasteiger partial charge in [0.2, 0.25) is 0 Å². The first-order valence-electron chi connectivity index (χ1n) is 6.39. The van der Waals surface area contributed by atoms with E-state index in [0.29, 0.717) is 0 Å². The van der Waals surface area contributed by atoms with Crippen LogP contribution in [0.3, 0.4) is 0 Å². The largest absolute Gasteiger partial charge is 0.293 e. The Morgan fingerprint density at radius 3 is 1.88 bits per heavy atom. The molecule has 0 spiro atoms. The quantitative estimate of drug-likeness (QED) is 0.623. The molecule has 0 amide bonds. The Morgan fingerprint density at radius 1 is 1.12 bits per heavy atom. The summed E-state index contributed by atoms with van der Waals surface area (Å²) >= 11 is 0. The Kier molecular flexibility index (Phi) is 5.25. The third-order valence-corrected chi connectivity index (χ3v) is 3.32. The molecule has 0 saturated carbocycles. The minimum absolute atomic E-state index is 0.122. The maximum atomic E-state index is 2.49. The molecule has 0 aliphatic heterocycles. The molecule has 16 heavy (non-hydrogen) atoms. The Hall–Kier alpha value is -0.300. The van der Waals surface area contributed by atoms with Crippen molar-refractivity contribution in [2.24, 2.45) is 5.92 Å². The summed E-state index contributed by atoms with van der Waals surface area (Å²) in [5.74, 6) is 0.736. The second-order valence-electron chi connectivity index (χ2n) is 6.84. The van der Waals surface area contributed by atoms with Crippen molar-refractivity contribution < 1.29 is 0 Å². The molecule has 0 atom stereocenters. The number of allylic oxidation sites excluding steroid dienone is 1. The normalized spacial score (nSPS) is 13.4. The fraction of sp³-hybridized carbons (Fsp3) is 0.867. The first kappa shape index (κ1) is 15.7. The van der Waals surface area contributed by atoms with Crippen molar-refractivity contribution in [2.45, 2.75) is 72.9 Å². The van der Waals surface area contributed by atoms with E-state index in [9.17, 15) is 0 Å². The van der Waals surface area contributed by atoms with E-state index >= 15 is 0 Å². The molecular formula is C15H31N. The molecule has 0 aromatic rings. The van der Waals surface area contributed by atoms with E-state index in [-0.39, 0.29) is 11.1 Å². The van der Waals surface area contributed by atoms with Crippen LogP contribution in [0.15, 0.2) is 11.6 Å². The highest BCUT2D eigenvalue weighted by Gasteiger charge is 2.33. The lowest BCUT2D eigenvalue weighted by Gasteiger charge is -2.46. The van der Waals surface area contributed by atoms with Crippen LogP contribution in [-0.2, 0) is 0 Å². The van der Waals surface area contributed by atoms with E-state index in [1.807, 2.05) is 0 Å². The molecule has 1 heteroatoms. The lowest BCUT2D eigenvalue weighted by atomic mass is 9.86. The van der Waals surface area contributed by atoms with Crippen LogP contribution in [0, 0.1) is 5.92 Å². The van der Waals surface area contributed by atoms with Crippen LogP contribution in [0.25, 0.3) is 0 Å². The maximum Gasteiger partial charge on any atom is 0.0339 e. The fourth-order valence-corrected chi connectivity index (χ4v) is 2.72. The van der Waals surface area contributed by atoms with Crippen molar-refractivity contribution in [3.05, 3.63) is 11.6 Å². The van der Waals surface area contributed by atoms with Crippen LogP contribution >= 0.6 is 0 Å². The standard InChI is InChI=1S/C15H31N/c1-12(2)10-14(5,6)16(9)15(7,8)11-13(3)4/h10,13H,11H2,1-9H3. The van der Waals surface area contributed by atoms with Gasteiger partial charge in [-0.2, -0.15) is 0 Å². The van der Waals surface area contributed by atoms with Gasteiger partial charge in [-0.05, 0) is 60.9 Å². The Morgan fingerprint density at radius 2 is 1.56 bits per heavy atom. The predicted molar refractivity (Wildman–Crippen MR) is 74.8 cm³/mol. The average Bonchev–Trinajstić information content (AvgIpc) is 1.97. The zero-order valence-electron chi connectivity index (χ0n) is 12.8. The molecule has 1 nitrogen and oxygen atoms in total. The second kappa shape index (κ2) is 5.35. The lowest BCUT2D eigenvalue weighted by molar-refractivity contribution is 0.0579. The minimum atomic E-state index is 0.122. The molecule has 0 N–H and O–H groups in total. The van der Waals surface area contributed by atoms with Gasteiger partial charge in [0, 0.05) is 11.1 Å². The summed E-state index contributed by atoms with van der Waals surface area (Å²) in [5, 5.41) is 0. The molecule has 0 aliphatic rings. The number of likely N-dealkylation sites (N-methyl/N-ethyl adjacent to an activating group) is 1. The van der Waals surface area contributed by atoms with E-state index in [0.717, 1.165) is 5.92 Å². The van der Waals surface area contributed by atoms with Gasteiger partial charge in [-0.1, -0.05) is 25.5 Å². The summed E-state index contributed by atoms with van der Waals surface area (Å²) in [6, 6.07) is 0. The molecule has 0 bridgehead atoms.